The lowest BCUT2D eigenvalue weighted by atomic mass is 9.75. The molecule has 1 fully saturated rings. The quantitative estimate of drug-likeness (QED) is 0.857. The smallest absolute Gasteiger partial charge is 0.435 e. The lowest BCUT2D eigenvalue weighted by Crippen LogP contribution is -2.57. The highest BCUT2D eigenvalue weighted by Crippen LogP contribution is 2.34. The van der Waals surface area contributed by atoms with Crippen molar-refractivity contribution in [3.8, 4) is 0 Å². The number of aromatic nitrogens is 2. The van der Waals surface area contributed by atoms with Gasteiger partial charge in [-0.2, -0.15) is 18.3 Å². The van der Waals surface area contributed by atoms with Gasteiger partial charge in [-0.3, -0.25) is 9.48 Å². The molecule has 0 bridgehead atoms. The molecule has 1 amide bonds. The average Bonchev–Trinajstić information content (AvgIpc) is 2.96. The van der Waals surface area contributed by atoms with Gasteiger partial charge in [-0.1, -0.05) is 13.3 Å². The van der Waals surface area contributed by atoms with E-state index in [2.05, 4.69) is 10.4 Å². The standard InChI is InChI=1S/C15H20F3N3O3/c1-2-10-3-6-14(7-4-10,13(23)24)19-12(22)9-21-8-5-11(20-21)15(16,17)18/h5,8,10H,2-4,6-7,9H2,1H3,(H,19,22)(H,23,24). The molecule has 1 aliphatic rings. The zero-order chi connectivity index (χ0) is 18.0. The molecule has 0 unspecified atom stereocenters. The number of carboxylic acid groups (broad SMARTS) is 1. The van der Waals surface area contributed by atoms with Crippen LogP contribution in [0.5, 0.6) is 0 Å². The first kappa shape index (κ1) is 18.3. The van der Waals surface area contributed by atoms with Crippen molar-refractivity contribution in [1.29, 1.82) is 0 Å². The van der Waals surface area contributed by atoms with E-state index in [1.807, 2.05) is 6.92 Å². The van der Waals surface area contributed by atoms with E-state index < -0.39 is 35.8 Å². The minimum Gasteiger partial charge on any atom is -0.480 e. The van der Waals surface area contributed by atoms with E-state index in [4.69, 9.17) is 0 Å². The van der Waals surface area contributed by atoms with Gasteiger partial charge in [0.25, 0.3) is 0 Å². The first-order chi connectivity index (χ1) is 11.2. The number of carboxylic acids is 1. The maximum absolute atomic E-state index is 12.5. The summed E-state index contributed by atoms with van der Waals surface area (Å²) in [7, 11) is 0. The lowest BCUT2D eigenvalue weighted by molar-refractivity contribution is -0.150. The van der Waals surface area contributed by atoms with Gasteiger partial charge in [0, 0.05) is 6.20 Å². The number of rotatable bonds is 5. The predicted molar refractivity (Wildman–Crippen MR) is 78.0 cm³/mol. The normalized spacial score (nSPS) is 24.6. The fraction of sp³-hybridized carbons (Fsp3) is 0.667. The van der Waals surface area contributed by atoms with Crippen LogP contribution in [0.1, 0.15) is 44.7 Å². The van der Waals surface area contributed by atoms with Gasteiger partial charge in [0.15, 0.2) is 5.69 Å². The van der Waals surface area contributed by atoms with Crippen molar-refractivity contribution in [3.63, 3.8) is 0 Å². The first-order valence-electron chi connectivity index (χ1n) is 7.81. The van der Waals surface area contributed by atoms with Crippen molar-refractivity contribution >= 4 is 11.9 Å². The molecule has 1 heterocycles. The summed E-state index contributed by atoms with van der Waals surface area (Å²) >= 11 is 0. The van der Waals surface area contributed by atoms with E-state index in [0.29, 0.717) is 31.6 Å². The van der Waals surface area contributed by atoms with Crippen LogP contribution in [0.15, 0.2) is 12.3 Å². The van der Waals surface area contributed by atoms with Gasteiger partial charge < -0.3 is 10.4 Å². The number of alkyl halides is 3. The highest BCUT2D eigenvalue weighted by Gasteiger charge is 2.43. The molecule has 1 aliphatic carbocycles. The number of carbonyl (C=O) groups excluding carboxylic acids is 1. The van der Waals surface area contributed by atoms with Crippen molar-refractivity contribution in [1.82, 2.24) is 15.1 Å². The minimum absolute atomic E-state index is 0.319. The summed E-state index contributed by atoms with van der Waals surface area (Å²) in [6, 6.07) is 0.771. The van der Waals surface area contributed by atoms with Gasteiger partial charge in [0.1, 0.15) is 12.1 Å². The van der Waals surface area contributed by atoms with Crippen molar-refractivity contribution in [3.05, 3.63) is 18.0 Å². The number of halogens is 3. The van der Waals surface area contributed by atoms with E-state index >= 15 is 0 Å². The van der Waals surface area contributed by atoms with E-state index in [1.165, 1.54) is 0 Å². The molecule has 0 aliphatic heterocycles. The third kappa shape index (κ3) is 4.07. The number of hydrogen-bond acceptors (Lipinski definition) is 3. The molecule has 0 saturated heterocycles. The minimum atomic E-state index is -4.58. The molecule has 1 saturated carbocycles. The van der Waals surface area contributed by atoms with Crippen LogP contribution in [0.3, 0.4) is 0 Å². The van der Waals surface area contributed by atoms with Crippen LogP contribution in [0.25, 0.3) is 0 Å². The van der Waals surface area contributed by atoms with Crippen LogP contribution in [0.2, 0.25) is 0 Å². The molecule has 2 rings (SSSR count). The van der Waals surface area contributed by atoms with E-state index in [-0.39, 0.29) is 0 Å². The van der Waals surface area contributed by atoms with E-state index in [1.54, 1.807) is 0 Å². The van der Waals surface area contributed by atoms with Gasteiger partial charge in [0.05, 0.1) is 0 Å². The Balaban J connectivity index is 2.01. The Hall–Kier alpha value is -2.06. The summed E-state index contributed by atoms with van der Waals surface area (Å²) < 4.78 is 38.3. The average molecular weight is 347 g/mol. The number of carbonyl (C=O) groups is 2. The highest BCUT2D eigenvalue weighted by atomic mass is 19.4. The van der Waals surface area contributed by atoms with Gasteiger partial charge >= 0.3 is 12.1 Å². The number of hydrogen-bond donors (Lipinski definition) is 2. The molecule has 9 heteroatoms. The SMILES string of the molecule is CCC1CCC(NC(=O)Cn2ccc(C(F)(F)F)n2)(C(=O)O)CC1. The number of nitrogens with zero attached hydrogens (tertiary/aromatic N) is 2. The summed E-state index contributed by atoms with van der Waals surface area (Å²) in [6.07, 6.45) is -0.547. The van der Waals surface area contributed by atoms with Crippen LogP contribution >= 0.6 is 0 Å². The first-order valence-corrected chi connectivity index (χ1v) is 7.81. The zero-order valence-corrected chi connectivity index (χ0v) is 13.3. The molecular formula is C15H20F3N3O3. The largest absolute Gasteiger partial charge is 0.480 e. The molecule has 0 aromatic carbocycles. The maximum Gasteiger partial charge on any atom is 0.435 e. The number of amides is 1. The summed E-state index contributed by atoms with van der Waals surface area (Å²) in [4.78, 5) is 23.7. The van der Waals surface area contributed by atoms with Crippen molar-refractivity contribution < 1.29 is 27.9 Å². The second kappa shape index (κ2) is 6.82. The summed E-state index contributed by atoms with van der Waals surface area (Å²) in [5, 5.41) is 15.3. The third-order valence-corrected chi connectivity index (χ3v) is 4.56. The van der Waals surface area contributed by atoms with Crippen molar-refractivity contribution in [2.75, 3.05) is 0 Å². The summed E-state index contributed by atoms with van der Waals surface area (Å²) in [5.41, 5.74) is -2.44. The van der Waals surface area contributed by atoms with Crippen LogP contribution < -0.4 is 5.32 Å². The maximum atomic E-state index is 12.5. The van der Waals surface area contributed by atoms with E-state index in [0.717, 1.165) is 23.4 Å². The van der Waals surface area contributed by atoms with Crippen molar-refractivity contribution in [2.45, 2.75) is 57.3 Å². The van der Waals surface area contributed by atoms with Gasteiger partial charge in [-0.25, -0.2) is 4.79 Å². The van der Waals surface area contributed by atoms with Crippen LogP contribution in [-0.4, -0.2) is 32.3 Å². The van der Waals surface area contributed by atoms with Crippen molar-refractivity contribution in [2.24, 2.45) is 5.92 Å². The fourth-order valence-corrected chi connectivity index (χ4v) is 3.03. The molecule has 1 aromatic heterocycles. The predicted octanol–water partition coefficient (Wildman–Crippen LogP) is 2.44. The topological polar surface area (TPSA) is 84.2 Å². The third-order valence-electron chi connectivity index (χ3n) is 4.56. The monoisotopic (exact) mass is 347 g/mol. The van der Waals surface area contributed by atoms with Crippen LogP contribution in [0.4, 0.5) is 13.2 Å². The number of aliphatic carboxylic acids is 1. The Morgan fingerprint density at radius 1 is 1.42 bits per heavy atom. The van der Waals surface area contributed by atoms with E-state index in [9.17, 15) is 27.9 Å². The second-order valence-corrected chi connectivity index (χ2v) is 6.18. The Morgan fingerprint density at radius 2 is 2.04 bits per heavy atom. The summed E-state index contributed by atoms with van der Waals surface area (Å²) in [6.45, 7) is 1.58. The Kier molecular flexibility index (Phi) is 5.19. The molecule has 2 N–H and O–H groups in total. The Morgan fingerprint density at radius 3 is 2.50 bits per heavy atom. The molecule has 6 nitrogen and oxygen atoms in total. The van der Waals surface area contributed by atoms with Gasteiger partial charge in [0.2, 0.25) is 5.91 Å². The molecule has 24 heavy (non-hydrogen) atoms. The zero-order valence-electron chi connectivity index (χ0n) is 13.3. The highest BCUT2D eigenvalue weighted by molar-refractivity contribution is 5.87. The van der Waals surface area contributed by atoms with Crippen LogP contribution in [-0.2, 0) is 22.3 Å². The summed E-state index contributed by atoms with van der Waals surface area (Å²) in [5.74, 6) is -1.33. The molecule has 0 atom stereocenters. The number of nitrogens with one attached hydrogen (secondary N) is 1. The lowest BCUT2D eigenvalue weighted by Gasteiger charge is -2.37. The Bertz CT molecular complexity index is 605. The van der Waals surface area contributed by atoms with Crippen LogP contribution in [0, 0.1) is 5.92 Å². The molecule has 0 spiro atoms. The Labute approximate surface area is 137 Å². The molecule has 134 valence electrons. The fourth-order valence-electron chi connectivity index (χ4n) is 3.03. The molecule has 0 radical (unpaired) electrons. The van der Waals surface area contributed by atoms with Gasteiger partial charge in [-0.15, -0.1) is 0 Å². The van der Waals surface area contributed by atoms with Gasteiger partial charge in [-0.05, 0) is 37.7 Å². The molecule has 1 aromatic rings. The molecular weight excluding hydrogens is 327 g/mol. The second-order valence-electron chi connectivity index (χ2n) is 6.18.